The molecule has 0 fully saturated rings. The lowest BCUT2D eigenvalue weighted by molar-refractivity contribution is 0.146. The number of ether oxygens (including phenoxy) is 2. The largest absolute Gasteiger partial charge is 0.491 e. The molecule has 0 radical (unpaired) electrons. The van der Waals surface area contributed by atoms with Gasteiger partial charge in [-0.2, -0.15) is 0 Å². The Morgan fingerprint density at radius 2 is 1.90 bits per heavy atom. The van der Waals surface area contributed by atoms with Crippen molar-refractivity contribution in [3.8, 4) is 5.75 Å². The van der Waals surface area contributed by atoms with Gasteiger partial charge in [0.2, 0.25) is 0 Å². The highest BCUT2D eigenvalue weighted by Crippen LogP contribution is 2.29. The molecule has 6 nitrogen and oxygen atoms in total. The number of rotatable bonds is 10. The van der Waals surface area contributed by atoms with Crippen molar-refractivity contribution in [1.29, 1.82) is 0 Å². The molecule has 1 heterocycles. The molecule has 30 heavy (non-hydrogen) atoms. The standard InChI is InChI=1S/C23H29N3O3S/c1-3-24-23(25-15-17-8-10-19(11-9-17)29-13-12-28-2)26-16-20(27)22-14-18-6-4-5-7-21(18)30-22/h4-11,14,20,27H,3,12-13,15-16H2,1-2H3,(H2,24,25,26). The summed E-state index contributed by atoms with van der Waals surface area (Å²) in [4.78, 5) is 5.57. The lowest BCUT2D eigenvalue weighted by atomic mass is 10.2. The fraction of sp³-hybridized carbons (Fsp3) is 0.348. The summed E-state index contributed by atoms with van der Waals surface area (Å²) in [5.74, 6) is 1.49. The van der Waals surface area contributed by atoms with Gasteiger partial charge in [0.1, 0.15) is 18.5 Å². The zero-order valence-electron chi connectivity index (χ0n) is 17.4. The molecule has 2 aromatic carbocycles. The molecule has 0 saturated carbocycles. The van der Waals surface area contributed by atoms with Crippen molar-refractivity contribution in [2.45, 2.75) is 19.6 Å². The molecule has 160 valence electrons. The molecule has 3 rings (SSSR count). The van der Waals surface area contributed by atoms with Crippen molar-refractivity contribution >= 4 is 27.4 Å². The quantitative estimate of drug-likeness (QED) is 0.261. The maximum Gasteiger partial charge on any atom is 0.191 e. The van der Waals surface area contributed by atoms with Crippen LogP contribution in [0.25, 0.3) is 10.1 Å². The van der Waals surface area contributed by atoms with Crippen LogP contribution in [-0.2, 0) is 11.3 Å². The number of aliphatic hydroxyl groups is 1. The lowest BCUT2D eigenvalue weighted by Crippen LogP contribution is -2.39. The average Bonchev–Trinajstić information content (AvgIpc) is 3.21. The second-order valence-corrected chi connectivity index (χ2v) is 7.88. The molecule has 0 aliphatic carbocycles. The van der Waals surface area contributed by atoms with E-state index in [-0.39, 0.29) is 0 Å². The van der Waals surface area contributed by atoms with Gasteiger partial charge in [-0.15, -0.1) is 11.3 Å². The summed E-state index contributed by atoms with van der Waals surface area (Å²) in [7, 11) is 1.65. The summed E-state index contributed by atoms with van der Waals surface area (Å²) < 4.78 is 11.7. The van der Waals surface area contributed by atoms with Gasteiger partial charge in [0, 0.05) is 29.8 Å². The van der Waals surface area contributed by atoms with E-state index in [9.17, 15) is 5.11 Å². The van der Waals surface area contributed by atoms with Crippen molar-refractivity contribution in [3.05, 3.63) is 65.0 Å². The molecule has 1 unspecified atom stereocenters. The Labute approximate surface area is 181 Å². The average molecular weight is 428 g/mol. The number of thiophene rings is 1. The van der Waals surface area contributed by atoms with Gasteiger partial charge < -0.3 is 25.2 Å². The van der Waals surface area contributed by atoms with Gasteiger partial charge in [-0.25, -0.2) is 4.99 Å². The minimum Gasteiger partial charge on any atom is -0.491 e. The van der Waals surface area contributed by atoms with Crippen LogP contribution >= 0.6 is 11.3 Å². The zero-order valence-corrected chi connectivity index (χ0v) is 18.2. The maximum absolute atomic E-state index is 10.6. The molecule has 1 aromatic heterocycles. The van der Waals surface area contributed by atoms with E-state index in [1.807, 2.05) is 49.4 Å². The fourth-order valence-corrected chi connectivity index (χ4v) is 3.96. The van der Waals surface area contributed by atoms with Crippen molar-refractivity contribution in [3.63, 3.8) is 0 Å². The number of methoxy groups -OCH3 is 1. The number of hydrogen-bond donors (Lipinski definition) is 3. The highest BCUT2D eigenvalue weighted by atomic mass is 32.1. The first-order valence-corrected chi connectivity index (χ1v) is 10.9. The Morgan fingerprint density at radius 3 is 2.63 bits per heavy atom. The second-order valence-electron chi connectivity index (χ2n) is 6.76. The minimum absolute atomic E-state index is 0.394. The summed E-state index contributed by atoms with van der Waals surface area (Å²) >= 11 is 1.62. The van der Waals surface area contributed by atoms with E-state index in [0.717, 1.165) is 28.1 Å². The molecule has 1 atom stereocenters. The van der Waals surface area contributed by atoms with Gasteiger partial charge in [0.25, 0.3) is 0 Å². The molecular weight excluding hydrogens is 398 g/mol. The van der Waals surface area contributed by atoms with E-state index in [4.69, 9.17) is 9.47 Å². The zero-order chi connectivity index (χ0) is 21.2. The summed E-state index contributed by atoms with van der Waals surface area (Å²) in [5, 5.41) is 18.2. The van der Waals surface area contributed by atoms with Crippen molar-refractivity contribution in [1.82, 2.24) is 10.6 Å². The molecule has 0 bridgehead atoms. The van der Waals surface area contributed by atoms with Crippen LogP contribution in [0, 0.1) is 0 Å². The van der Waals surface area contributed by atoms with E-state index >= 15 is 0 Å². The number of fused-ring (bicyclic) bond motifs is 1. The third-order valence-corrected chi connectivity index (χ3v) is 5.70. The molecule has 0 aliphatic heterocycles. The van der Waals surface area contributed by atoms with Crippen molar-refractivity contribution in [2.24, 2.45) is 4.99 Å². The molecule has 0 aliphatic rings. The minimum atomic E-state index is -0.588. The van der Waals surface area contributed by atoms with Crippen LogP contribution in [0.4, 0.5) is 0 Å². The van der Waals surface area contributed by atoms with E-state index in [0.29, 0.717) is 32.3 Å². The number of benzene rings is 2. The summed E-state index contributed by atoms with van der Waals surface area (Å²) in [6.07, 6.45) is -0.588. The summed E-state index contributed by atoms with van der Waals surface area (Å²) in [6, 6.07) is 18.1. The van der Waals surface area contributed by atoms with Gasteiger partial charge >= 0.3 is 0 Å². The Kier molecular flexibility index (Phi) is 8.50. The van der Waals surface area contributed by atoms with Crippen LogP contribution in [0.15, 0.2) is 59.6 Å². The predicted molar refractivity (Wildman–Crippen MR) is 123 cm³/mol. The number of nitrogens with one attached hydrogen (secondary N) is 2. The van der Waals surface area contributed by atoms with E-state index in [2.05, 4.69) is 27.8 Å². The molecule has 0 saturated heterocycles. The van der Waals surface area contributed by atoms with Crippen LogP contribution < -0.4 is 15.4 Å². The summed E-state index contributed by atoms with van der Waals surface area (Å²) in [6.45, 7) is 4.79. The van der Waals surface area contributed by atoms with Crippen LogP contribution in [0.1, 0.15) is 23.5 Å². The highest BCUT2D eigenvalue weighted by Gasteiger charge is 2.12. The van der Waals surface area contributed by atoms with E-state index < -0.39 is 6.10 Å². The van der Waals surface area contributed by atoms with Crippen molar-refractivity contribution in [2.75, 3.05) is 33.4 Å². The summed E-state index contributed by atoms with van der Waals surface area (Å²) in [5.41, 5.74) is 1.08. The number of hydrogen-bond acceptors (Lipinski definition) is 5. The van der Waals surface area contributed by atoms with E-state index in [1.165, 1.54) is 4.70 Å². The Bertz CT molecular complexity index is 907. The van der Waals surface area contributed by atoms with Crippen LogP contribution in [0.5, 0.6) is 5.75 Å². The number of aliphatic hydroxyl groups excluding tert-OH is 1. The third kappa shape index (κ3) is 6.45. The molecular formula is C23H29N3O3S. The lowest BCUT2D eigenvalue weighted by Gasteiger charge is -2.14. The molecule has 0 amide bonds. The smallest absolute Gasteiger partial charge is 0.191 e. The van der Waals surface area contributed by atoms with Gasteiger partial charge in [0.15, 0.2) is 5.96 Å². The first-order valence-electron chi connectivity index (χ1n) is 10.1. The molecule has 7 heteroatoms. The molecule has 3 N–H and O–H groups in total. The van der Waals surface area contributed by atoms with Gasteiger partial charge in [-0.05, 0) is 42.1 Å². The maximum atomic E-state index is 10.6. The Morgan fingerprint density at radius 1 is 1.10 bits per heavy atom. The van der Waals surface area contributed by atoms with E-state index in [1.54, 1.807) is 18.4 Å². The van der Waals surface area contributed by atoms with Gasteiger partial charge in [-0.1, -0.05) is 30.3 Å². The van der Waals surface area contributed by atoms with Crippen LogP contribution in [0.2, 0.25) is 0 Å². The Hall–Kier alpha value is -2.61. The SMILES string of the molecule is CCNC(=NCc1ccc(OCCOC)cc1)NCC(O)c1cc2ccccc2s1. The molecule has 0 spiro atoms. The topological polar surface area (TPSA) is 75.1 Å². The highest BCUT2D eigenvalue weighted by molar-refractivity contribution is 7.19. The monoisotopic (exact) mass is 427 g/mol. The molecule has 3 aromatic rings. The first kappa shape index (κ1) is 22.1. The van der Waals surface area contributed by atoms with Crippen LogP contribution in [0.3, 0.4) is 0 Å². The third-order valence-electron chi connectivity index (χ3n) is 4.48. The number of guanidine groups is 1. The van der Waals surface area contributed by atoms with Crippen molar-refractivity contribution < 1.29 is 14.6 Å². The van der Waals surface area contributed by atoms with Gasteiger partial charge in [0.05, 0.1) is 13.2 Å². The van der Waals surface area contributed by atoms with Gasteiger partial charge in [-0.3, -0.25) is 0 Å². The Balaban J connectivity index is 1.54. The predicted octanol–water partition coefficient (Wildman–Crippen LogP) is 3.72. The first-order chi connectivity index (χ1) is 14.7. The fourth-order valence-electron chi connectivity index (χ4n) is 2.91. The second kappa shape index (κ2) is 11.5. The normalized spacial score (nSPS) is 12.7. The number of nitrogens with zero attached hydrogens (tertiary/aromatic N) is 1. The number of aliphatic imine (C=N–C) groups is 1. The van der Waals surface area contributed by atoms with Crippen LogP contribution in [-0.4, -0.2) is 44.5 Å².